The number of hydrogen-bond acceptors (Lipinski definition) is 2. The highest BCUT2D eigenvalue weighted by atomic mass is 32.1. The van der Waals surface area contributed by atoms with Crippen LogP contribution in [0.4, 0.5) is 0 Å². The van der Waals surface area contributed by atoms with Gasteiger partial charge in [-0.2, -0.15) is 5.10 Å². The standard InChI is InChI=1S/C7H12N2S/c1-8-9-7(10)6-4-2-3-5-6/h6H,1-5H2,(H,9,10). The minimum atomic E-state index is 0.570. The van der Waals surface area contributed by atoms with Gasteiger partial charge in [0.25, 0.3) is 0 Å². The summed E-state index contributed by atoms with van der Waals surface area (Å²) in [4.78, 5) is 0.868. The summed E-state index contributed by atoms with van der Waals surface area (Å²) in [7, 11) is 0. The summed E-state index contributed by atoms with van der Waals surface area (Å²) >= 11 is 5.07. The third-order valence-corrected chi connectivity index (χ3v) is 2.34. The zero-order chi connectivity index (χ0) is 7.40. The van der Waals surface area contributed by atoms with Gasteiger partial charge in [0.15, 0.2) is 0 Å². The van der Waals surface area contributed by atoms with Gasteiger partial charge in [0.2, 0.25) is 0 Å². The molecule has 1 rings (SSSR count). The Balaban J connectivity index is 2.32. The zero-order valence-corrected chi connectivity index (χ0v) is 6.78. The Bertz CT molecular complexity index is 139. The molecule has 0 heterocycles. The lowest BCUT2D eigenvalue weighted by molar-refractivity contribution is 0.711. The fraction of sp³-hybridized carbons (Fsp3) is 0.714. The molecule has 1 aliphatic carbocycles. The average Bonchev–Trinajstić information content (AvgIpc) is 2.38. The van der Waals surface area contributed by atoms with E-state index in [2.05, 4.69) is 17.2 Å². The minimum absolute atomic E-state index is 0.570. The van der Waals surface area contributed by atoms with Gasteiger partial charge in [0.1, 0.15) is 0 Å². The first-order valence-electron chi connectivity index (χ1n) is 3.60. The molecule has 0 aromatic rings. The van der Waals surface area contributed by atoms with E-state index in [1.165, 1.54) is 25.7 Å². The largest absolute Gasteiger partial charge is 0.272 e. The van der Waals surface area contributed by atoms with Crippen molar-refractivity contribution in [1.29, 1.82) is 0 Å². The molecular weight excluding hydrogens is 144 g/mol. The average molecular weight is 156 g/mol. The summed E-state index contributed by atoms with van der Waals surface area (Å²) in [5.74, 6) is 0.570. The van der Waals surface area contributed by atoms with Gasteiger partial charge in [-0.1, -0.05) is 25.1 Å². The number of hydrazone groups is 1. The Morgan fingerprint density at radius 1 is 1.50 bits per heavy atom. The van der Waals surface area contributed by atoms with E-state index >= 15 is 0 Å². The molecule has 0 spiro atoms. The zero-order valence-electron chi connectivity index (χ0n) is 5.97. The number of hydrogen-bond donors (Lipinski definition) is 1. The van der Waals surface area contributed by atoms with Crippen LogP contribution in [0.3, 0.4) is 0 Å². The highest BCUT2D eigenvalue weighted by Crippen LogP contribution is 2.25. The van der Waals surface area contributed by atoms with E-state index in [-0.39, 0.29) is 0 Å². The van der Waals surface area contributed by atoms with Gasteiger partial charge < -0.3 is 0 Å². The molecule has 0 saturated heterocycles. The Morgan fingerprint density at radius 3 is 2.60 bits per heavy atom. The van der Waals surface area contributed by atoms with Crippen LogP contribution in [-0.2, 0) is 0 Å². The first kappa shape index (κ1) is 7.66. The van der Waals surface area contributed by atoms with Gasteiger partial charge in [0, 0.05) is 12.6 Å². The van der Waals surface area contributed by atoms with Crippen molar-refractivity contribution < 1.29 is 0 Å². The van der Waals surface area contributed by atoms with Crippen LogP contribution in [0.5, 0.6) is 0 Å². The predicted molar refractivity (Wildman–Crippen MR) is 47.2 cm³/mol. The molecule has 1 fully saturated rings. The molecule has 0 bridgehead atoms. The molecule has 0 aromatic heterocycles. The molecule has 0 unspecified atom stereocenters. The van der Waals surface area contributed by atoms with Crippen molar-refractivity contribution in [2.75, 3.05) is 0 Å². The molecule has 3 heteroatoms. The summed E-state index contributed by atoms with van der Waals surface area (Å²) in [5, 5.41) is 3.54. The fourth-order valence-electron chi connectivity index (χ4n) is 1.36. The Morgan fingerprint density at radius 2 is 2.10 bits per heavy atom. The SMILES string of the molecule is C=NNC(=S)C1CCCC1. The number of nitrogens with one attached hydrogen (secondary N) is 1. The first-order chi connectivity index (χ1) is 4.84. The van der Waals surface area contributed by atoms with Gasteiger partial charge in [-0.3, -0.25) is 5.43 Å². The summed E-state index contributed by atoms with van der Waals surface area (Å²) < 4.78 is 0. The lowest BCUT2D eigenvalue weighted by Gasteiger charge is -2.08. The van der Waals surface area contributed by atoms with Crippen LogP contribution in [0.1, 0.15) is 25.7 Å². The van der Waals surface area contributed by atoms with Gasteiger partial charge in [0.05, 0.1) is 4.99 Å². The molecule has 0 radical (unpaired) electrons. The monoisotopic (exact) mass is 156 g/mol. The normalized spacial score (nSPS) is 18.8. The highest BCUT2D eigenvalue weighted by molar-refractivity contribution is 7.80. The lowest BCUT2D eigenvalue weighted by Crippen LogP contribution is -2.22. The van der Waals surface area contributed by atoms with Gasteiger partial charge >= 0.3 is 0 Å². The number of nitrogens with zero attached hydrogens (tertiary/aromatic N) is 1. The molecule has 2 nitrogen and oxygen atoms in total. The van der Waals surface area contributed by atoms with E-state index in [1.807, 2.05) is 0 Å². The number of thiocarbonyl (C=S) groups is 1. The van der Waals surface area contributed by atoms with E-state index in [1.54, 1.807) is 0 Å². The highest BCUT2D eigenvalue weighted by Gasteiger charge is 2.18. The second-order valence-electron chi connectivity index (χ2n) is 2.62. The van der Waals surface area contributed by atoms with Gasteiger partial charge in [-0.05, 0) is 12.8 Å². The van der Waals surface area contributed by atoms with Gasteiger partial charge in [-0.25, -0.2) is 0 Å². The maximum absolute atomic E-state index is 5.07. The molecule has 0 atom stereocenters. The van der Waals surface area contributed by atoms with Crippen LogP contribution >= 0.6 is 12.2 Å². The van der Waals surface area contributed by atoms with E-state index in [0.717, 1.165) is 4.99 Å². The van der Waals surface area contributed by atoms with Crippen LogP contribution in [-0.4, -0.2) is 11.7 Å². The van der Waals surface area contributed by atoms with Crippen molar-refractivity contribution in [2.24, 2.45) is 11.0 Å². The maximum Gasteiger partial charge on any atom is 0.0992 e. The van der Waals surface area contributed by atoms with Crippen LogP contribution in [0.15, 0.2) is 5.10 Å². The van der Waals surface area contributed by atoms with Crippen LogP contribution in [0.25, 0.3) is 0 Å². The topological polar surface area (TPSA) is 24.4 Å². The smallest absolute Gasteiger partial charge is 0.0992 e. The Labute approximate surface area is 66.7 Å². The predicted octanol–water partition coefficient (Wildman–Crippen LogP) is 1.71. The molecular formula is C7H12N2S. The Hall–Kier alpha value is -0.440. The van der Waals surface area contributed by atoms with E-state index in [0.29, 0.717) is 5.92 Å². The minimum Gasteiger partial charge on any atom is -0.272 e. The van der Waals surface area contributed by atoms with Gasteiger partial charge in [-0.15, -0.1) is 0 Å². The van der Waals surface area contributed by atoms with Crippen LogP contribution in [0, 0.1) is 5.92 Å². The first-order valence-corrected chi connectivity index (χ1v) is 4.01. The molecule has 1 saturated carbocycles. The molecule has 1 N–H and O–H groups in total. The van der Waals surface area contributed by atoms with Crippen molar-refractivity contribution in [1.82, 2.24) is 5.43 Å². The Kier molecular flexibility index (Phi) is 2.81. The second-order valence-corrected chi connectivity index (χ2v) is 3.06. The second kappa shape index (κ2) is 3.66. The summed E-state index contributed by atoms with van der Waals surface area (Å²) in [6.07, 6.45) is 5.07. The van der Waals surface area contributed by atoms with Crippen molar-refractivity contribution in [3.8, 4) is 0 Å². The summed E-state index contributed by atoms with van der Waals surface area (Å²) in [6.45, 7) is 3.32. The van der Waals surface area contributed by atoms with E-state index in [4.69, 9.17) is 12.2 Å². The third kappa shape index (κ3) is 1.77. The lowest BCUT2D eigenvalue weighted by atomic mass is 10.1. The van der Waals surface area contributed by atoms with Crippen molar-refractivity contribution in [2.45, 2.75) is 25.7 Å². The van der Waals surface area contributed by atoms with Crippen molar-refractivity contribution in [3.05, 3.63) is 0 Å². The summed E-state index contributed by atoms with van der Waals surface area (Å²) in [6, 6.07) is 0. The fourth-order valence-corrected chi connectivity index (χ4v) is 1.66. The quantitative estimate of drug-likeness (QED) is 0.374. The van der Waals surface area contributed by atoms with Crippen LogP contribution in [0.2, 0.25) is 0 Å². The van der Waals surface area contributed by atoms with E-state index in [9.17, 15) is 0 Å². The maximum atomic E-state index is 5.07. The summed E-state index contributed by atoms with van der Waals surface area (Å²) in [5.41, 5.74) is 2.73. The number of rotatable bonds is 2. The van der Waals surface area contributed by atoms with Crippen LogP contribution < -0.4 is 5.43 Å². The third-order valence-electron chi connectivity index (χ3n) is 1.92. The molecule has 0 aromatic carbocycles. The molecule has 1 aliphatic rings. The molecule has 0 amide bonds. The molecule has 10 heavy (non-hydrogen) atoms. The molecule has 0 aliphatic heterocycles. The van der Waals surface area contributed by atoms with Crippen molar-refractivity contribution >= 4 is 23.9 Å². The molecule has 56 valence electrons. The van der Waals surface area contributed by atoms with E-state index < -0.39 is 0 Å². The van der Waals surface area contributed by atoms with Crippen molar-refractivity contribution in [3.63, 3.8) is 0 Å².